The molecule has 1 aliphatic rings. The average Bonchev–Trinajstić information content (AvgIpc) is 2.46. The molecule has 1 amide bonds. The van der Waals surface area contributed by atoms with Gasteiger partial charge in [0.15, 0.2) is 0 Å². The number of aliphatic carboxylic acids is 1. The Morgan fingerprint density at radius 3 is 2.20 bits per heavy atom. The van der Waals surface area contributed by atoms with Gasteiger partial charge < -0.3 is 20.6 Å². The molecule has 1 heterocycles. The van der Waals surface area contributed by atoms with E-state index in [4.69, 9.17) is 10.8 Å². The highest BCUT2D eigenvalue weighted by atomic mass is 16.4. The number of nitrogen functional groups attached to an aromatic ring is 1. The summed E-state index contributed by atoms with van der Waals surface area (Å²) in [5.74, 6) is -1.01. The molecule has 1 fully saturated rings. The fourth-order valence-corrected chi connectivity index (χ4v) is 2.27. The third-order valence-electron chi connectivity index (χ3n) is 3.44. The molecule has 0 atom stereocenters. The summed E-state index contributed by atoms with van der Waals surface area (Å²) >= 11 is 0. The van der Waals surface area contributed by atoms with E-state index in [-0.39, 0.29) is 18.7 Å². The molecule has 2 rings (SSSR count). The number of hydrogen-bond acceptors (Lipinski definition) is 4. The topological polar surface area (TPSA) is 86.9 Å². The van der Waals surface area contributed by atoms with Gasteiger partial charge in [-0.3, -0.25) is 9.59 Å². The van der Waals surface area contributed by atoms with E-state index in [0.717, 1.165) is 24.5 Å². The average molecular weight is 277 g/mol. The summed E-state index contributed by atoms with van der Waals surface area (Å²) < 4.78 is 0. The summed E-state index contributed by atoms with van der Waals surface area (Å²) in [6.07, 6.45) is -0.0196. The highest BCUT2D eigenvalue weighted by molar-refractivity contribution is 5.81. The van der Waals surface area contributed by atoms with E-state index in [2.05, 4.69) is 4.90 Å². The first-order chi connectivity index (χ1) is 9.56. The molecule has 3 N–H and O–H groups in total. The molecule has 1 aliphatic heterocycles. The minimum Gasteiger partial charge on any atom is -0.481 e. The van der Waals surface area contributed by atoms with Crippen LogP contribution in [0.2, 0.25) is 0 Å². The molecular formula is C14H19N3O3. The van der Waals surface area contributed by atoms with Crippen LogP contribution in [0.4, 0.5) is 11.4 Å². The third kappa shape index (κ3) is 3.63. The fourth-order valence-electron chi connectivity index (χ4n) is 2.27. The quantitative estimate of drug-likeness (QED) is 0.794. The van der Waals surface area contributed by atoms with Crippen molar-refractivity contribution in [3.63, 3.8) is 0 Å². The zero-order chi connectivity index (χ0) is 14.5. The Morgan fingerprint density at radius 2 is 1.65 bits per heavy atom. The second-order valence-electron chi connectivity index (χ2n) is 4.85. The van der Waals surface area contributed by atoms with Crippen LogP contribution in [0.15, 0.2) is 24.3 Å². The first-order valence-corrected chi connectivity index (χ1v) is 6.66. The Hall–Kier alpha value is -2.24. The van der Waals surface area contributed by atoms with Gasteiger partial charge in [0, 0.05) is 44.0 Å². The molecule has 6 heteroatoms. The number of amides is 1. The molecule has 20 heavy (non-hydrogen) atoms. The van der Waals surface area contributed by atoms with Crippen molar-refractivity contribution in [1.82, 2.24) is 4.90 Å². The number of rotatable bonds is 4. The summed E-state index contributed by atoms with van der Waals surface area (Å²) in [6.45, 7) is 2.76. The molecular weight excluding hydrogens is 258 g/mol. The standard InChI is InChI=1S/C14H19N3O3/c15-11-1-3-12(4-2-11)16-7-9-17(10-8-16)13(18)5-6-14(19)20/h1-4H,5-10,15H2,(H,19,20). The van der Waals surface area contributed by atoms with Crippen molar-refractivity contribution in [1.29, 1.82) is 0 Å². The number of hydrogen-bond donors (Lipinski definition) is 2. The Bertz CT molecular complexity index is 479. The maximum absolute atomic E-state index is 11.8. The summed E-state index contributed by atoms with van der Waals surface area (Å²) in [7, 11) is 0. The molecule has 1 aromatic rings. The molecule has 0 saturated carbocycles. The summed E-state index contributed by atoms with van der Waals surface area (Å²) in [6, 6.07) is 7.66. The highest BCUT2D eigenvalue weighted by Crippen LogP contribution is 2.18. The fraction of sp³-hybridized carbons (Fsp3) is 0.429. The van der Waals surface area contributed by atoms with E-state index in [0.29, 0.717) is 13.1 Å². The van der Waals surface area contributed by atoms with Crippen LogP contribution >= 0.6 is 0 Å². The zero-order valence-corrected chi connectivity index (χ0v) is 11.3. The van der Waals surface area contributed by atoms with Crippen molar-refractivity contribution in [2.75, 3.05) is 36.8 Å². The van der Waals surface area contributed by atoms with Crippen LogP contribution in [0.3, 0.4) is 0 Å². The predicted molar refractivity (Wildman–Crippen MR) is 76.5 cm³/mol. The minimum atomic E-state index is -0.932. The van der Waals surface area contributed by atoms with Crippen LogP contribution in [-0.4, -0.2) is 48.1 Å². The van der Waals surface area contributed by atoms with Crippen LogP contribution in [0.25, 0.3) is 0 Å². The number of nitrogens with zero attached hydrogens (tertiary/aromatic N) is 2. The van der Waals surface area contributed by atoms with E-state index in [1.54, 1.807) is 4.90 Å². The predicted octanol–water partition coefficient (Wildman–Crippen LogP) is 0.782. The second-order valence-corrected chi connectivity index (χ2v) is 4.85. The maximum atomic E-state index is 11.8. The van der Waals surface area contributed by atoms with E-state index < -0.39 is 5.97 Å². The molecule has 0 spiro atoms. The van der Waals surface area contributed by atoms with Crippen molar-refractivity contribution in [3.8, 4) is 0 Å². The van der Waals surface area contributed by atoms with Gasteiger partial charge in [-0.25, -0.2) is 0 Å². The lowest BCUT2D eigenvalue weighted by Crippen LogP contribution is -2.48. The van der Waals surface area contributed by atoms with Gasteiger partial charge in [-0.1, -0.05) is 0 Å². The van der Waals surface area contributed by atoms with Gasteiger partial charge in [0.2, 0.25) is 5.91 Å². The summed E-state index contributed by atoms with van der Waals surface area (Å²) in [5.41, 5.74) is 7.48. The molecule has 1 saturated heterocycles. The van der Waals surface area contributed by atoms with Crippen molar-refractivity contribution in [2.45, 2.75) is 12.8 Å². The van der Waals surface area contributed by atoms with Gasteiger partial charge >= 0.3 is 5.97 Å². The number of carbonyl (C=O) groups excluding carboxylic acids is 1. The van der Waals surface area contributed by atoms with E-state index in [9.17, 15) is 9.59 Å². The smallest absolute Gasteiger partial charge is 0.303 e. The number of benzene rings is 1. The van der Waals surface area contributed by atoms with Crippen LogP contribution in [0.1, 0.15) is 12.8 Å². The minimum absolute atomic E-state index is 0.0793. The number of anilines is 2. The third-order valence-corrected chi connectivity index (χ3v) is 3.44. The lowest BCUT2D eigenvalue weighted by atomic mass is 10.2. The number of carbonyl (C=O) groups is 2. The second kappa shape index (κ2) is 6.27. The first kappa shape index (κ1) is 14.2. The van der Waals surface area contributed by atoms with Gasteiger partial charge in [-0.2, -0.15) is 0 Å². The van der Waals surface area contributed by atoms with Gasteiger partial charge in [0.05, 0.1) is 6.42 Å². The SMILES string of the molecule is Nc1ccc(N2CCN(C(=O)CCC(=O)O)CC2)cc1. The molecule has 1 aromatic carbocycles. The lowest BCUT2D eigenvalue weighted by molar-refractivity contribution is -0.141. The summed E-state index contributed by atoms with van der Waals surface area (Å²) in [4.78, 5) is 26.2. The molecule has 0 bridgehead atoms. The van der Waals surface area contributed by atoms with Crippen molar-refractivity contribution in [2.24, 2.45) is 0 Å². The van der Waals surface area contributed by atoms with Gasteiger partial charge in [-0.15, -0.1) is 0 Å². The van der Waals surface area contributed by atoms with Gasteiger partial charge in [0.25, 0.3) is 0 Å². The number of nitrogens with two attached hydrogens (primary N) is 1. The van der Waals surface area contributed by atoms with Crippen LogP contribution in [0, 0.1) is 0 Å². The number of piperazine rings is 1. The van der Waals surface area contributed by atoms with E-state index in [1.165, 1.54) is 0 Å². The molecule has 0 unspecified atom stereocenters. The molecule has 0 aromatic heterocycles. The van der Waals surface area contributed by atoms with Gasteiger partial charge in [-0.05, 0) is 24.3 Å². The molecule has 108 valence electrons. The molecule has 6 nitrogen and oxygen atoms in total. The van der Waals surface area contributed by atoms with Crippen molar-refractivity contribution < 1.29 is 14.7 Å². The number of carboxylic acid groups (broad SMARTS) is 1. The lowest BCUT2D eigenvalue weighted by Gasteiger charge is -2.36. The largest absolute Gasteiger partial charge is 0.481 e. The van der Waals surface area contributed by atoms with E-state index >= 15 is 0 Å². The summed E-state index contributed by atoms with van der Waals surface area (Å²) in [5, 5.41) is 8.58. The maximum Gasteiger partial charge on any atom is 0.303 e. The Kier molecular flexibility index (Phi) is 4.45. The van der Waals surface area contributed by atoms with Crippen molar-refractivity contribution in [3.05, 3.63) is 24.3 Å². The van der Waals surface area contributed by atoms with Gasteiger partial charge in [0.1, 0.15) is 0 Å². The van der Waals surface area contributed by atoms with Crippen LogP contribution in [0.5, 0.6) is 0 Å². The first-order valence-electron chi connectivity index (χ1n) is 6.66. The van der Waals surface area contributed by atoms with Crippen LogP contribution < -0.4 is 10.6 Å². The Labute approximate surface area is 117 Å². The molecule has 0 aliphatic carbocycles. The Morgan fingerprint density at radius 1 is 1.05 bits per heavy atom. The van der Waals surface area contributed by atoms with Crippen LogP contribution in [-0.2, 0) is 9.59 Å². The number of carboxylic acids is 1. The monoisotopic (exact) mass is 277 g/mol. The molecule has 0 radical (unpaired) electrons. The zero-order valence-electron chi connectivity index (χ0n) is 11.3. The van der Waals surface area contributed by atoms with E-state index in [1.807, 2.05) is 24.3 Å². The Balaban J connectivity index is 1.84. The normalized spacial score (nSPS) is 15.2. The highest BCUT2D eigenvalue weighted by Gasteiger charge is 2.21. The van der Waals surface area contributed by atoms with Crippen molar-refractivity contribution >= 4 is 23.3 Å².